The predicted molar refractivity (Wildman–Crippen MR) is 144 cm³/mol. The lowest BCUT2D eigenvalue weighted by Crippen LogP contribution is -2.31. The van der Waals surface area contributed by atoms with Gasteiger partial charge < -0.3 is 19.1 Å². The average Bonchev–Trinajstić information content (AvgIpc) is 3.38. The number of rotatable bonds is 14. The van der Waals surface area contributed by atoms with Crippen LogP contribution >= 0.6 is 0 Å². The van der Waals surface area contributed by atoms with Crippen LogP contribution in [0.25, 0.3) is 11.3 Å². The molecule has 0 unspecified atom stereocenters. The van der Waals surface area contributed by atoms with Gasteiger partial charge in [0.2, 0.25) is 0 Å². The number of hydrogen-bond acceptors (Lipinski definition) is 5. The molecule has 188 valence electrons. The number of benzene rings is 3. The first-order chi connectivity index (χ1) is 17.7. The molecule has 0 atom stereocenters. The Kier molecular flexibility index (Phi) is 9.39. The molecule has 0 fully saturated rings. The van der Waals surface area contributed by atoms with Crippen molar-refractivity contribution >= 4 is 0 Å². The molecule has 36 heavy (non-hydrogen) atoms. The summed E-state index contributed by atoms with van der Waals surface area (Å²) in [6, 6.07) is 27.6. The van der Waals surface area contributed by atoms with Gasteiger partial charge in [-0.3, -0.25) is 5.10 Å². The van der Waals surface area contributed by atoms with E-state index >= 15 is 0 Å². The van der Waals surface area contributed by atoms with Crippen molar-refractivity contribution in [2.45, 2.75) is 32.4 Å². The van der Waals surface area contributed by atoms with Gasteiger partial charge in [0.15, 0.2) is 6.10 Å². The molecule has 1 N–H and O–H groups in total. The molecule has 4 rings (SSSR count). The minimum atomic E-state index is -0.286. The van der Waals surface area contributed by atoms with Crippen molar-refractivity contribution < 1.29 is 14.2 Å². The fourth-order valence-corrected chi connectivity index (χ4v) is 3.90. The molecule has 0 spiro atoms. The van der Waals surface area contributed by atoms with Gasteiger partial charge in [0, 0.05) is 17.7 Å². The van der Waals surface area contributed by atoms with Crippen molar-refractivity contribution in [3.05, 3.63) is 96.7 Å². The first-order valence-electron chi connectivity index (χ1n) is 12.5. The number of ether oxygens (including phenoxy) is 3. The number of aromatic amines is 1. The molecule has 0 aliphatic heterocycles. The lowest BCUT2D eigenvalue weighted by atomic mass is 10.1. The number of nitrogens with one attached hydrogen (secondary N) is 1. The van der Waals surface area contributed by atoms with Crippen LogP contribution in [0.1, 0.15) is 25.3 Å². The third-order valence-electron chi connectivity index (χ3n) is 5.86. The summed E-state index contributed by atoms with van der Waals surface area (Å²) < 4.78 is 18.2. The summed E-state index contributed by atoms with van der Waals surface area (Å²) in [6.45, 7) is 4.89. The highest BCUT2D eigenvalue weighted by molar-refractivity contribution is 5.63. The Hall–Kier alpha value is -3.77. The van der Waals surface area contributed by atoms with E-state index < -0.39 is 0 Å². The number of aromatic nitrogens is 2. The van der Waals surface area contributed by atoms with E-state index in [9.17, 15) is 0 Å². The number of para-hydroxylation sites is 2. The monoisotopic (exact) mass is 485 g/mol. The number of H-pyrrole nitrogens is 1. The number of nitrogens with zero attached hydrogens (tertiary/aromatic N) is 2. The molecule has 3 aromatic carbocycles. The van der Waals surface area contributed by atoms with Gasteiger partial charge in [-0.15, -0.1) is 0 Å². The van der Waals surface area contributed by atoms with Crippen molar-refractivity contribution in [2.75, 3.05) is 26.8 Å². The van der Waals surface area contributed by atoms with Gasteiger partial charge in [0.1, 0.15) is 30.5 Å². The minimum Gasteiger partial charge on any atom is -0.490 e. The van der Waals surface area contributed by atoms with Gasteiger partial charge in [0.05, 0.1) is 11.9 Å². The van der Waals surface area contributed by atoms with Crippen LogP contribution in [0.3, 0.4) is 0 Å². The fraction of sp³-hybridized carbons (Fsp3) is 0.300. The highest BCUT2D eigenvalue weighted by Crippen LogP contribution is 2.25. The summed E-state index contributed by atoms with van der Waals surface area (Å²) in [5, 5.41) is 7.46. The Labute approximate surface area is 213 Å². The van der Waals surface area contributed by atoms with Crippen LogP contribution in [0.5, 0.6) is 17.2 Å². The zero-order valence-electron chi connectivity index (χ0n) is 21.1. The molecule has 0 saturated heterocycles. The van der Waals surface area contributed by atoms with E-state index in [1.54, 1.807) is 0 Å². The van der Waals surface area contributed by atoms with Crippen LogP contribution in [0.15, 0.2) is 91.1 Å². The maximum absolute atomic E-state index is 6.29. The third-order valence-corrected chi connectivity index (χ3v) is 5.86. The van der Waals surface area contributed by atoms with Crippen molar-refractivity contribution in [2.24, 2.45) is 0 Å². The van der Waals surface area contributed by atoms with E-state index in [1.165, 1.54) is 18.4 Å². The Balaban J connectivity index is 1.41. The lowest BCUT2D eigenvalue weighted by Gasteiger charge is -2.20. The van der Waals surface area contributed by atoms with E-state index in [2.05, 4.69) is 41.2 Å². The Bertz CT molecular complexity index is 1100. The van der Waals surface area contributed by atoms with E-state index in [1.807, 2.05) is 79.0 Å². The molecule has 0 aliphatic carbocycles. The average molecular weight is 486 g/mol. The quantitative estimate of drug-likeness (QED) is 0.230. The third kappa shape index (κ3) is 7.62. The topological polar surface area (TPSA) is 59.6 Å². The largest absolute Gasteiger partial charge is 0.490 e. The van der Waals surface area contributed by atoms with Gasteiger partial charge in [-0.25, -0.2) is 0 Å². The van der Waals surface area contributed by atoms with E-state index in [4.69, 9.17) is 14.2 Å². The molecule has 1 heterocycles. The Morgan fingerprint density at radius 3 is 2.00 bits per heavy atom. The van der Waals surface area contributed by atoms with Crippen molar-refractivity contribution in [1.29, 1.82) is 0 Å². The fourth-order valence-electron chi connectivity index (χ4n) is 3.90. The smallest absolute Gasteiger partial charge is 0.166 e. The first kappa shape index (κ1) is 25.3. The van der Waals surface area contributed by atoms with Gasteiger partial charge in [-0.2, -0.15) is 5.10 Å². The zero-order valence-corrected chi connectivity index (χ0v) is 21.1. The predicted octanol–water partition coefficient (Wildman–Crippen LogP) is 6.21. The summed E-state index contributed by atoms with van der Waals surface area (Å²) >= 11 is 0. The normalized spacial score (nSPS) is 11.1. The summed E-state index contributed by atoms with van der Waals surface area (Å²) in [7, 11) is 2.15. The maximum atomic E-state index is 6.29. The van der Waals surface area contributed by atoms with Gasteiger partial charge >= 0.3 is 0 Å². The molecule has 4 aromatic rings. The van der Waals surface area contributed by atoms with Crippen molar-refractivity contribution in [3.8, 4) is 28.5 Å². The Morgan fingerprint density at radius 1 is 0.806 bits per heavy atom. The van der Waals surface area contributed by atoms with Crippen molar-refractivity contribution in [1.82, 2.24) is 15.1 Å². The van der Waals surface area contributed by atoms with Crippen LogP contribution in [0, 0.1) is 0 Å². The molecule has 6 heteroatoms. The molecular weight excluding hydrogens is 450 g/mol. The number of hydrogen-bond donors (Lipinski definition) is 1. The summed E-state index contributed by atoms with van der Waals surface area (Å²) in [4.78, 5) is 2.33. The molecule has 0 saturated carbocycles. The van der Waals surface area contributed by atoms with Crippen LogP contribution in [-0.4, -0.2) is 48.0 Å². The summed E-state index contributed by atoms with van der Waals surface area (Å²) in [5.74, 6) is 2.37. The SMILES string of the molecule is CCCCN(C)Cc1cn[nH]c1-c1ccc(OC(COc2ccccc2)COc2ccccc2)cc1. The molecule has 0 radical (unpaired) electrons. The molecule has 0 bridgehead atoms. The van der Waals surface area contributed by atoms with Crippen LogP contribution in [0.2, 0.25) is 0 Å². The van der Waals surface area contributed by atoms with Crippen molar-refractivity contribution in [3.63, 3.8) is 0 Å². The molecular formula is C30H35N3O3. The second-order valence-electron chi connectivity index (χ2n) is 8.87. The molecule has 6 nitrogen and oxygen atoms in total. The maximum Gasteiger partial charge on any atom is 0.166 e. The van der Waals surface area contributed by atoms with E-state index in [-0.39, 0.29) is 6.10 Å². The summed E-state index contributed by atoms with van der Waals surface area (Å²) in [5.41, 5.74) is 3.31. The van der Waals surface area contributed by atoms with Crippen LogP contribution in [0.4, 0.5) is 0 Å². The van der Waals surface area contributed by atoms with Gasteiger partial charge in [0.25, 0.3) is 0 Å². The minimum absolute atomic E-state index is 0.286. The standard InChI is InChI=1S/C30H35N3O3/c1-3-4-19-33(2)21-25-20-31-32-30(25)24-15-17-28(18-16-24)36-29(22-34-26-11-7-5-8-12-26)23-35-27-13-9-6-10-14-27/h5-18,20,29H,3-4,19,21-23H2,1-2H3,(H,31,32). The Morgan fingerprint density at radius 2 is 1.42 bits per heavy atom. The molecule has 1 aromatic heterocycles. The van der Waals surface area contributed by atoms with E-state index in [0.717, 1.165) is 41.6 Å². The molecule has 0 aliphatic rings. The highest BCUT2D eigenvalue weighted by atomic mass is 16.6. The highest BCUT2D eigenvalue weighted by Gasteiger charge is 2.15. The second kappa shape index (κ2) is 13.4. The zero-order chi connectivity index (χ0) is 25.0. The van der Waals surface area contributed by atoms with Crippen LogP contribution < -0.4 is 14.2 Å². The van der Waals surface area contributed by atoms with E-state index in [0.29, 0.717) is 13.2 Å². The second-order valence-corrected chi connectivity index (χ2v) is 8.87. The first-order valence-corrected chi connectivity index (χ1v) is 12.5. The lowest BCUT2D eigenvalue weighted by molar-refractivity contribution is 0.0812. The number of unbranched alkanes of at least 4 members (excludes halogenated alkanes) is 1. The van der Waals surface area contributed by atoms with Gasteiger partial charge in [-0.05, 0) is 68.5 Å². The van der Waals surface area contributed by atoms with Crippen LogP contribution in [-0.2, 0) is 6.54 Å². The molecule has 0 amide bonds. The van der Waals surface area contributed by atoms with Gasteiger partial charge in [-0.1, -0.05) is 49.7 Å². The summed E-state index contributed by atoms with van der Waals surface area (Å²) in [6.07, 6.45) is 4.02.